The van der Waals surface area contributed by atoms with Crippen molar-refractivity contribution in [3.63, 3.8) is 0 Å². The van der Waals surface area contributed by atoms with Gasteiger partial charge < -0.3 is 4.52 Å². The molecule has 0 radical (unpaired) electrons. The van der Waals surface area contributed by atoms with E-state index >= 15 is 0 Å². The minimum absolute atomic E-state index is 0.000860. The van der Waals surface area contributed by atoms with Crippen molar-refractivity contribution in [1.29, 1.82) is 0 Å². The molecule has 122 valence electrons. The number of rotatable bonds is 5. The van der Waals surface area contributed by atoms with Crippen molar-refractivity contribution in [2.24, 2.45) is 0 Å². The molecule has 0 saturated heterocycles. The molecule has 0 aliphatic heterocycles. The summed E-state index contributed by atoms with van der Waals surface area (Å²) in [6, 6.07) is 14.4. The Hall–Kier alpha value is -2.67. The zero-order valence-corrected chi connectivity index (χ0v) is 14.0. The second-order valence-electron chi connectivity index (χ2n) is 5.34. The largest absolute Gasteiger partial charge is 0.338 e. The maximum Gasteiger partial charge on any atom is 0.270 e. The molecule has 0 amide bonds. The molecule has 0 bridgehead atoms. The van der Waals surface area contributed by atoms with Gasteiger partial charge >= 0.3 is 0 Å². The van der Waals surface area contributed by atoms with Crippen LogP contribution < -0.4 is 0 Å². The molecule has 24 heavy (non-hydrogen) atoms. The molecule has 1 aromatic heterocycles. The normalized spacial score (nSPS) is 12.1. The van der Waals surface area contributed by atoms with E-state index in [0.29, 0.717) is 17.3 Å². The Kier molecular flexibility index (Phi) is 4.61. The summed E-state index contributed by atoms with van der Waals surface area (Å²) in [5.74, 6) is 0.840. The third-order valence-electron chi connectivity index (χ3n) is 3.44. The first kappa shape index (κ1) is 16.2. The maximum absolute atomic E-state index is 10.9. The molecule has 6 nitrogen and oxygen atoms in total. The zero-order chi connectivity index (χ0) is 17.1. The molecule has 2 aromatic carbocycles. The van der Waals surface area contributed by atoms with Crippen LogP contribution in [0.1, 0.15) is 23.6 Å². The van der Waals surface area contributed by atoms with Crippen LogP contribution in [0.25, 0.3) is 11.4 Å². The van der Waals surface area contributed by atoms with Gasteiger partial charge in [0.15, 0.2) is 0 Å². The molecule has 7 heteroatoms. The predicted octanol–water partition coefficient (Wildman–Crippen LogP) is 4.81. The van der Waals surface area contributed by atoms with Crippen LogP contribution in [0.5, 0.6) is 0 Å². The number of nitro groups is 1. The lowest BCUT2D eigenvalue weighted by molar-refractivity contribution is -0.384. The number of hydrogen-bond donors (Lipinski definition) is 0. The number of hydrogen-bond acceptors (Lipinski definition) is 6. The number of aromatic nitrogens is 2. The Morgan fingerprint density at radius 1 is 1.21 bits per heavy atom. The molecule has 1 unspecified atom stereocenters. The van der Waals surface area contributed by atoms with E-state index in [4.69, 9.17) is 4.52 Å². The summed E-state index contributed by atoms with van der Waals surface area (Å²) in [6.45, 7) is 4.02. The molecule has 0 fully saturated rings. The second kappa shape index (κ2) is 6.84. The summed E-state index contributed by atoms with van der Waals surface area (Å²) >= 11 is 1.62. The molecule has 3 aromatic rings. The minimum Gasteiger partial charge on any atom is -0.338 e. The van der Waals surface area contributed by atoms with Crippen LogP contribution in [0.4, 0.5) is 5.69 Å². The predicted molar refractivity (Wildman–Crippen MR) is 91.8 cm³/mol. The van der Waals surface area contributed by atoms with Gasteiger partial charge in [-0.1, -0.05) is 35.0 Å². The summed E-state index contributed by atoms with van der Waals surface area (Å²) < 4.78 is 5.33. The average Bonchev–Trinajstić information content (AvgIpc) is 3.07. The molecule has 0 aliphatic carbocycles. The van der Waals surface area contributed by atoms with Gasteiger partial charge in [-0.2, -0.15) is 4.98 Å². The number of benzene rings is 2. The molecule has 0 spiro atoms. The summed E-state index contributed by atoms with van der Waals surface area (Å²) in [5, 5.41) is 14.8. The summed E-state index contributed by atoms with van der Waals surface area (Å²) in [7, 11) is 0. The van der Waals surface area contributed by atoms with Crippen molar-refractivity contribution < 1.29 is 9.45 Å². The summed E-state index contributed by atoms with van der Waals surface area (Å²) in [6.07, 6.45) is 0. The van der Waals surface area contributed by atoms with Crippen LogP contribution in [0.15, 0.2) is 57.9 Å². The summed E-state index contributed by atoms with van der Waals surface area (Å²) in [4.78, 5) is 15.9. The molecular formula is C17H15N3O3S. The van der Waals surface area contributed by atoms with Gasteiger partial charge in [0, 0.05) is 22.6 Å². The molecule has 1 atom stereocenters. The zero-order valence-electron chi connectivity index (χ0n) is 13.2. The van der Waals surface area contributed by atoms with E-state index in [-0.39, 0.29) is 10.9 Å². The lowest BCUT2D eigenvalue weighted by atomic mass is 10.2. The lowest BCUT2D eigenvalue weighted by Gasteiger charge is -2.06. The Labute approximate surface area is 143 Å². The smallest absolute Gasteiger partial charge is 0.270 e. The third kappa shape index (κ3) is 3.62. The first-order valence-corrected chi connectivity index (χ1v) is 8.22. The van der Waals surface area contributed by atoms with Gasteiger partial charge in [0.1, 0.15) is 0 Å². The Bertz CT molecular complexity index is 862. The fourth-order valence-corrected chi connectivity index (χ4v) is 3.05. The average molecular weight is 341 g/mol. The Balaban J connectivity index is 1.78. The van der Waals surface area contributed by atoms with Gasteiger partial charge in [-0.3, -0.25) is 10.1 Å². The number of thioether (sulfide) groups is 1. The van der Waals surface area contributed by atoms with E-state index in [0.717, 1.165) is 4.90 Å². The van der Waals surface area contributed by atoms with Crippen LogP contribution in [0, 0.1) is 17.0 Å². The molecule has 3 rings (SSSR count). The van der Waals surface area contributed by atoms with E-state index in [2.05, 4.69) is 22.3 Å². The Morgan fingerprint density at radius 2 is 1.96 bits per heavy atom. The van der Waals surface area contributed by atoms with E-state index in [1.165, 1.54) is 17.7 Å². The van der Waals surface area contributed by atoms with Crippen molar-refractivity contribution in [2.75, 3.05) is 0 Å². The highest BCUT2D eigenvalue weighted by atomic mass is 32.2. The molecule has 0 N–H and O–H groups in total. The highest BCUT2D eigenvalue weighted by molar-refractivity contribution is 7.99. The van der Waals surface area contributed by atoms with E-state index < -0.39 is 4.92 Å². The number of nitro benzene ring substituents is 1. The van der Waals surface area contributed by atoms with Crippen LogP contribution in [0.3, 0.4) is 0 Å². The van der Waals surface area contributed by atoms with Crippen molar-refractivity contribution in [1.82, 2.24) is 10.1 Å². The SMILES string of the molecule is Cc1ccc(SC(C)c2nc(-c3cccc([N+](=O)[O-])c3)no2)cc1. The molecule has 0 aliphatic rings. The highest BCUT2D eigenvalue weighted by Gasteiger charge is 2.17. The molecular weight excluding hydrogens is 326 g/mol. The standard InChI is InChI=1S/C17H15N3O3S/c1-11-6-8-15(9-7-11)24-12(2)17-18-16(19-23-17)13-4-3-5-14(10-13)20(21)22/h3-10,12H,1-2H3. The number of nitrogens with zero attached hydrogens (tertiary/aromatic N) is 3. The van der Waals surface area contributed by atoms with Gasteiger partial charge in [0.25, 0.3) is 5.69 Å². The lowest BCUT2D eigenvalue weighted by Crippen LogP contribution is -1.90. The van der Waals surface area contributed by atoms with Crippen LogP contribution >= 0.6 is 11.8 Å². The van der Waals surface area contributed by atoms with E-state index in [1.807, 2.05) is 26.0 Å². The van der Waals surface area contributed by atoms with Crippen molar-refractivity contribution in [3.05, 3.63) is 70.1 Å². The van der Waals surface area contributed by atoms with Gasteiger partial charge in [0.2, 0.25) is 11.7 Å². The minimum atomic E-state index is -0.444. The second-order valence-corrected chi connectivity index (χ2v) is 6.75. The van der Waals surface area contributed by atoms with Gasteiger partial charge in [-0.05, 0) is 26.0 Å². The fourth-order valence-electron chi connectivity index (χ4n) is 2.15. The van der Waals surface area contributed by atoms with Gasteiger partial charge in [-0.15, -0.1) is 11.8 Å². The highest BCUT2D eigenvalue weighted by Crippen LogP contribution is 2.34. The van der Waals surface area contributed by atoms with Gasteiger partial charge in [-0.25, -0.2) is 0 Å². The molecule has 1 heterocycles. The van der Waals surface area contributed by atoms with Crippen molar-refractivity contribution >= 4 is 17.4 Å². The first-order valence-electron chi connectivity index (χ1n) is 7.34. The monoisotopic (exact) mass is 341 g/mol. The summed E-state index contributed by atoms with van der Waals surface area (Å²) in [5.41, 5.74) is 1.77. The number of aryl methyl sites for hydroxylation is 1. The topological polar surface area (TPSA) is 82.1 Å². The first-order chi connectivity index (χ1) is 11.5. The van der Waals surface area contributed by atoms with Crippen LogP contribution in [0.2, 0.25) is 0 Å². The van der Waals surface area contributed by atoms with Crippen molar-refractivity contribution in [3.8, 4) is 11.4 Å². The van der Waals surface area contributed by atoms with E-state index in [9.17, 15) is 10.1 Å². The number of non-ortho nitro benzene ring substituents is 1. The fraction of sp³-hybridized carbons (Fsp3) is 0.176. The van der Waals surface area contributed by atoms with Gasteiger partial charge in [0.05, 0.1) is 10.2 Å². The Morgan fingerprint density at radius 3 is 2.67 bits per heavy atom. The van der Waals surface area contributed by atoms with Crippen LogP contribution in [-0.4, -0.2) is 15.1 Å². The molecule has 0 saturated carbocycles. The maximum atomic E-state index is 10.9. The quantitative estimate of drug-likeness (QED) is 0.376. The van der Waals surface area contributed by atoms with E-state index in [1.54, 1.807) is 23.9 Å². The van der Waals surface area contributed by atoms with Crippen molar-refractivity contribution in [2.45, 2.75) is 24.0 Å². The van der Waals surface area contributed by atoms with Crippen LogP contribution in [-0.2, 0) is 0 Å². The third-order valence-corrected chi connectivity index (χ3v) is 4.54.